The topological polar surface area (TPSA) is 52.6 Å². The number of hydrogen-bond donors (Lipinski definition) is 0. The summed E-state index contributed by atoms with van der Waals surface area (Å²) in [7, 11) is 0. The van der Waals surface area contributed by atoms with Crippen molar-refractivity contribution in [3.63, 3.8) is 0 Å². The molecule has 4 heteroatoms. The number of carbonyl (C=O) groups is 2. The van der Waals surface area contributed by atoms with Crippen LogP contribution in [0.5, 0.6) is 0 Å². The molecule has 18 heavy (non-hydrogen) atoms. The van der Waals surface area contributed by atoms with E-state index in [-0.39, 0.29) is 11.9 Å². The predicted octanol–water partition coefficient (Wildman–Crippen LogP) is 2.34. The van der Waals surface area contributed by atoms with Crippen molar-refractivity contribution in [3.05, 3.63) is 48.6 Å². The zero-order valence-electron chi connectivity index (χ0n) is 10.7. The lowest BCUT2D eigenvalue weighted by Crippen LogP contribution is -1.98. The van der Waals surface area contributed by atoms with E-state index in [9.17, 15) is 9.59 Å². The van der Waals surface area contributed by atoms with Gasteiger partial charge >= 0.3 is 11.9 Å². The zero-order chi connectivity index (χ0) is 13.6. The van der Waals surface area contributed by atoms with Gasteiger partial charge in [0.1, 0.15) is 0 Å². The highest BCUT2D eigenvalue weighted by molar-refractivity contribution is 5.82. The second-order valence-electron chi connectivity index (χ2n) is 2.99. The molecule has 0 spiro atoms. The van der Waals surface area contributed by atoms with Crippen LogP contribution in [0, 0.1) is 0 Å². The minimum Gasteiger partial charge on any atom is -0.463 e. The monoisotopic (exact) mass is 250 g/mol. The largest absolute Gasteiger partial charge is 0.463 e. The molecule has 0 aliphatic carbocycles. The Hall–Kier alpha value is -2.10. The van der Waals surface area contributed by atoms with Crippen LogP contribution in [-0.4, -0.2) is 25.2 Å². The first-order valence-corrected chi connectivity index (χ1v) is 5.72. The van der Waals surface area contributed by atoms with Gasteiger partial charge < -0.3 is 9.47 Å². The Morgan fingerprint density at radius 3 is 1.39 bits per heavy atom. The van der Waals surface area contributed by atoms with Crippen molar-refractivity contribution in [2.75, 3.05) is 13.2 Å². The summed E-state index contributed by atoms with van der Waals surface area (Å²) in [6.07, 6.45) is 12.7. The number of esters is 2. The maximum Gasteiger partial charge on any atom is 0.330 e. The van der Waals surface area contributed by atoms with Crippen LogP contribution in [0.15, 0.2) is 48.6 Å². The summed E-state index contributed by atoms with van der Waals surface area (Å²) in [5, 5.41) is 0. The van der Waals surface area contributed by atoms with E-state index in [2.05, 4.69) is 0 Å². The maximum absolute atomic E-state index is 10.9. The van der Waals surface area contributed by atoms with Crippen LogP contribution in [0.2, 0.25) is 0 Å². The summed E-state index contributed by atoms with van der Waals surface area (Å²) in [4.78, 5) is 21.8. The van der Waals surface area contributed by atoms with E-state index in [0.717, 1.165) is 0 Å². The fourth-order valence-electron chi connectivity index (χ4n) is 0.906. The highest BCUT2D eigenvalue weighted by Gasteiger charge is 1.90. The third-order valence-corrected chi connectivity index (χ3v) is 1.59. The van der Waals surface area contributed by atoms with Gasteiger partial charge in [0, 0.05) is 12.2 Å². The van der Waals surface area contributed by atoms with Crippen molar-refractivity contribution >= 4 is 11.9 Å². The molecule has 0 saturated heterocycles. The Morgan fingerprint density at radius 2 is 1.06 bits per heavy atom. The van der Waals surface area contributed by atoms with E-state index in [1.807, 2.05) is 0 Å². The average Bonchev–Trinajstić information content (AvgIpc) is 2.33. The molecular weight excluding hydrogens is 232 g/mol. The van der Waals surface area contributed by atoms with Gasteiger partial charge in [-0.15, -0.1) is 0 Å². The number of ether oxygens (including phenoxy) is 2. The first kappa shape index (κ1) is 15.9. The smallest absolute Gasteiger partial charge is 0.330 e. The van der Waals surface area contributed by atoms with Gasteiger partial charge in [0.05, 0.1) is 13.2 Å². The van der Waals surface area contributed by atoms with Crippen molar-refractivity contribution in [2.45, 2.75) is 13.8 Å². The lowest BCUT2D eigenvalue weighted by Gasteiger charge is -1.92. The summed E-state index contributed by atoms with van der Waals surface area (Å²) in [6.45, 7) is 4.23. The molecule has 0 aliphatic heterocycles. The van der Waals surface area contributed by atoms with Crippen molar-refractivity contribution in [1.82, 2.24) is 0 Å². The quantitative estimate of drug-likeness (QED) is 0.395. The third kappa shape index (κ3) is 10.4. The molecule has 0 N–H and O–H groups in total. The van der Waals surface area contributed by atoms with Crippen LogP contribution in [0.1, 0.15) is 13.8 Å². The van der Waals surface area contributed by atoms with E-state index in [1.54, 1.807) is 50.3 Å². The van der Waals surface area contributed by atoms with E-state index in [0.29, 0.717) is 13.2 Å². The molecule has 0 aromatic carbocycles. The second-order valence-corrected chi connectivity index (χ2v) is 2.99. The summed E-state index contributed by atoms with van der Waals surface area (Å²) in [5.41, 5.74) is 0. The normalized spacial score (nSPS) is 11.9. The van der Waals surface area contributed by atoms with Crippen molar-refractivity contribution in [3.8, 4) is 0 Å². The minimum atomic E-state index is -0.367. The van der Waals surface area contributed by atoms with Crippen molar-refractivity contribution in [2.24, 2.45) is 0 Å². The van der Waals surface area contributed by atoms with Gasteiger partial charge in [0.15, 0.2) is 0 Å². The Bertz CT molecular complexity index is 326. The highest BCUT2D eigenvalue weighted by atomic mass is 16.5. The molecule has 0 unspecified atom stereocenters. The Labute approximate surface area is 107 Å². The van der Waals surface area contributed by atoms with Crippen LogP contribution in [0.25, 0.3) is 0 Å². The molecule has 0 rings (SSSR count). The maximum atomic E-state index is 10.9. The Kier molecular flexibility index (Phi) is 10.1. The van der Waals surface area contributed by atoms with Gasteiger partial charge in [0.2, 0.25) is 0 Å². The predicted molar refractivity (Wildman–Crippen MR) is 69.8 cm³/mol. The number of rotatable bonds is 7. The van der Waals surface area contributed by atoms with Crippen LogP contribution in [0.4, 0.5) is 0 Å². The molecule has 0 fully saturated rings. The fraction of sp³-hybridized carbons (Fsp3) is 0.286. The molecule has 0 heterocycles. The summed E-state index contributed by atoms with van der Waals surface area (Å²) >= 11 is 0. The fourth-order valence-corrected chi connectivity index (χ4v) is 0.906. The third-order valence-electron chi connectivity index (χ3n) is 1.59. The molecule has 0 amide bonds. The van der Waals surface area contributed by atoms with Crippen LogP contribution >= 0.6 is 0 Å². The molecular formula is C14H18O4. The minimum absolute atomic E-state index is 0.367. The summed E-state index contributed by atoms with van der Waals surface area (Å²) in [5.74, 6) is -0.735. The van der Waals surface area contributed by atoms with Crippen molar-refractivity contribution in [1.29, 1.82) is 0 Å². The standard InChI is InChI=1S/C14H18O4/c1-3-17-13(15)11-9-7-5-6-8-10-12-14(16)18-4-2/h5-12H,3-4H2,1-2H3/b7-5+,8-6+,11-9+,12-10+. The molecule has 0 aliphatic rings. The highest BCUT2D eigenvalue weighted by Crippen LogP contribution is 1.86. The summed E-state index contributed by atoms with van der Waals surface area (Å²) < 4.78 is 9.39. The molecule has 0 aromatic rings. The van der Waals surface area contributed by atoms with Gasteiger partial charge in [-0.25, -0.2) is 9.59 Å². The molecule has 0 bridgehead atoms. The molecule has 0 atom stereocenters. The first-order valence-electron chi connectivity index (χ1n) is 5.72. The Balaban J connectivity index is 3.88. The van der Waals surface area contributed by atoms with Gasteiger partial charge in [-0.1, -0.05) is 36.5 Å². The SMILES string of the molecule is CCOC(=O)/C=C/C=C/C=C/C=C/C(=O)OCC. The molecule has 0 radical (unpaired) electrons. The molecule has 4 nitrogen and oxygen atoms in total. The van der Waals surface area contributed by atoms with E-state index in [4.69, 9.17) is 9.47 Å². The Morgan fingerprint density at radius 1 is 0.722 bits per heavy atom. The molecule has 98 valence electrons. The van der Waals surface area contributed by atoms with Crippen LogP contribution in [0.3, 0.4) is 0 Å². The lowest BCUT2D eigenvalue weighted by atomic mass is 10.4. The van der Waals surface area contributed by atoms with Gasteiger partial charge in [-0.3, -0.25) is 0 Å². The van der Waals surface area contributed by atoms with E-state index >= 15 is 0 Å². The molecule has 0 saturated carbocycles. The van der Waals surface area contributed by atoms with Crippen LogP contribution in [-0.2, 0) is 19.1 Å². The van der Waals surface area contributed by atoms with Gasteiger partial charge in [-0.05, 0) is 13.8 Å². The number of allylic oxidation sites excluding steroid dienone is 6. The van der Waals surface area contributed by atoms with Crippen molar-refractivity contribution < 1.29 is 19.1 Å². The molecule has 0 aromatic heterocycles. The number of hydrogen-bond acceptors (Lipinski definition) is 4. The number of carbonyl (C=O) groups excluding carboxylic acids is 2. The average molecular weight is 250 g/mol. The van der Waals surface area contributed by atoms with E-state index < -0.39 is 0 Å². The van der Waals surface area contributed by atoms with Crippen LogP contribution < -0.4 is 0 Å². The lowest BCUT2D eigenvalue weighted by molar-refractivity contribution is -0.138. The van der Waals surface area contributed by atoms with E-state index in [1.165, 1.54) is 12.2 Å². The first-order chi connectivity index (χ1) is 8.70. The zero-order valence-corrected chi connectivity index (χ0v) is 10.7. The summed E-state index contributed by atoms with van der Waals surface area (Å²) in [6, 6.07) is 0. The van der Waals surface area contributed by atoms with Gasteiger partial charge in [0.25, 0.3) is 0 Å². The van der Waals surface area contributed by atoms with Gasteiger partial charge in [-0.2, -0.15) is 0 Å². The second kappa shape index (κ2) is 11.4.